The summed E-state index contributed by atoms with van der Waals surface area (Å²) in [7, 11) is 0. The van der Waals surface area contributed by atoms with Gasteiger partial charge in [-0.05, 0) is 24.6 Å². The molecule has 0 spiro atoms. The van der Waals surface area contributed by atoms with Gasteiger partial charge in [0.1, 0.15) is 6.04 Å². The van der Waals surface area contributed by atoms with Crippen LogP contribution in [0.1, 0.15) is 12.5 Å². The molecule has 1 N–H and O–H groups in total. The largest absolute Gasteiger partial charge is 0.480 e. The summed E-state index contributed by atoms with van der Waals surface area (Å²) in [6.07, 6.45) is 1.46. The van der Waals surface area contributed by atoms with Crippen molar-refractivity contribution in [2.24, 2.45) is 4.99 Å². The number of benzene rings is 1. The molecule has 0 saturated carbocycles. The van der Waals surface area contributed by atoms with Gasteiger partial charge >= 0.3 is 5.97 Å². The van der Waals surface area contributed by atoms with Gasteiger partial charge in [0.2, 0.25) is 0 Å². The van der Waals surface area contributed by atoms with Crippen LogP contribution in [-0.4, -0.2) is 23.3 Å². The van der Waals surface area contributed by atoms with Crippen LogP contribution in [0.15, 0.2) is 23.2 Å². The van der Waals surface area contributed by atoms with Gasteiger partial charge < -0.3 is 5.11 Å². The maximum absolute atomic E-state index is 10.5. The lowest BCUT2D eigenvalue weighted by atomic mass is 10.2. The molecule has 0 aliphatic heterocycles. The molecule has 1 atom stereocenters. The van der Waals surface area contributed by atoms with Crippen molar-refractivity contribution in [2.75, 3.05) is 0 Å². The van der Waals surface area contributed by atoms with E-state index in [0.717, 1.165) is 5.56 Å². The number of nitrogens with zero attached hydrogens (tertiary/aromatic N) is 1. The third-order valence-electron chi connectivity index (χ3n) is 1.75. The molecule has 5 heteroatoms. The molecule has 0 heterocycles. The second kappa shape index (κ2) is 5.14. The van der Waals surface area contributed by atoms with Gasteiger partial charge in [0.25, 0.3) is 0 Å². The second-order valence-corrected chi connectivity index (χ2v) is 3.78. The fraction of sp³-hybridized carbons (Fsp3) is 0.200. The number of aliphatic imine (C=N–C) groups is 1. The number of carboxylic acid groups (broad SMARTS) is 1. The van der Waals surface area contributed by atoms with E-state index in [1.165, 1.54) is 13.1 Å². The Hall–Kier alpha value is -1.06. The van der Waals surface area contributed by atoms with Gasteiger partial charge in [-0.1, -0.05) is 29.3 Å². The molecule has 0 aliphatic carbocycles. The van der Waals surface area contributed by atoms with Gasteiger partial charge in [0.15, 0.2) is 0 Å². The molecular weight excluding hydrogens is 237 g/mol. The fourth-order valence-corrected chi connectivity index (χ4v) is 1.16. The molecule has 0 radical (unpaired) electrons. The Bertz CT molecular complexity index is 404. The predicted octanol–water partition coefficient (Wildman–Crippen LogP) is 2.89. The van der Waals surface area contributed by atoms with Crippen molar-refractivity contribution >= 4 is 35.4 Å². The standard InChI is InChI=1S/C10H9Cl2NO2/c1-6(10(14)15)13-5-7-2-3-8(11)9(12)4-7/h2-6H,1H3,(H,14,15)/b13-5+. The number of aliphatic carboxylic acids is 1. The lowest BCUT2D eigenvalue weighted by Crippen LogP contribution is -2.13. The first-order chi connectivity index (χ1) is 7.00. The van der Waals surface area contributed by atoms with Gasteiger partial charge in [-0.15, -0.1) is 0 Å². The molecule has 0 aliphatic rings. The molecule has 15 heavy (non-hydrogen) atoms. The first-order valence-electron chi connectivity index (χ1n) is 4.21. The molecule has 1 unspecified atom stereocenters. The van der Waals surface area contributed by atoms with E-state index >= 15 is 0 Å². The molecule has 0 aromatic heterocycles. The highest BCUT2D eigenvalue weighted by atomic mass is 35.5. The van der Waals surface area contributed by atoms with E-state index in [4.69, 9.17) is 28.3 Å². The number of hydrogen-bond acceptors (Lipinski definition) is 2. The summed E-state index contributed by atoms with van der Waals surface area (Å²) in [6.45, 7) is 1.50. The molecule has 0 bridgehead atoms. The Morgan fingerprint density at radius 3 is 2.67 bits per heavy atom. The van der Waals surface area contributed by atoms with Crippen molar-refractivity contribution in [1.82, 2.24) is 0 Å². The highest BCUT2D eigenvalue weighted by Gasteiger charge is 2.06. The van der Waals surface area contributed by atoms with Crippen LogP contribution >= 0.6 is 23.2 Å². The van der Waals surface area contributed by atoms with Crippen LogP contribution < -0.4 is 0 Å². The van der Waals surface area contributed by atoms with Crippen molar-refractivity contribution in [2.45, 2.75) is 13.0 Å². The molecule has 0 fully saturated rings. The topological polar surface area (TPSA) is 49.7 Å². The molecule has 0 saturated heterocycles. The van der Waals surface area contributed by atoms with Gasteiger partial charge in [0.05, 0.1) is 10.0 Å². The molecular formula is C10H9Cl2NO2. The highest BCUT2D eigenvalue weighted by Crippen LogP contribution is 2.21. The lowest BCUT2D eigenvalue weighted by Gasteiger charge is -1.99. The van der Waals surface area contributed by atoms with E-state index in [0.29, 0.717) is 10.0 Å². The summed E-state index contributed by atoms with van der Waals surface area (Å²) >= 11 is 11.5. The van der Waals surface area contributed by atoms with E-state index in [9.17, 15) is 4.79 Å². The monoisotopic (exact) mass is 245 g/mol. The van der Waals surface area contributed by atoms with Crippen LogP contribution in [0, 0.1) is 0 Å². The lowest BCUT2D eigenvalue weighted by molar-refractivity contribution is -0.137. The number of halogens is 2. The van der Waals surface area contributed by atoms with Gasteiger partial charge in [-0.3, -0.25) is 4.99 Å². The average Bonchev–Trinajstić information content (AvgIpc) is 2.19. The minimum absolute atomic E-state index is 0.420. The summed E-state index contributed by atoms with van der Waals surface area (Å²) in [4.78, 5) is 14.3. The van der Waals surface area contributed by atoms with Gasteiger partial charge in [0, 0.05) is 6.21 Å². The first-order valence-corrected chi connectivity index (χ1v) is 4.97. The zero-order valence-corrected chi connectivity index (χ0v) is 9.46. The van der Waals surface area contributed by atoms with E-state index in [1.54, 1.807) is 18.2 Å². The zero-order chi connectivity index (χ0) is 11.4. The SMILES string of the molecule is CC(/N=C/c1ccc(Cl)c(Cl)c1)C(=O)O. The summed E-state index contributed by atoms with van der Waals surface area (Å²) in [5, 5.41) is 9.48. The van der Waals surface area contributed by atoms with Crippen LogP contribution in [0.3, 0.4) is 0 Å². The maximum Gasteiger partial charge on any atom is 0.328 e. The summed E-state index contributed by atoms with van der Waals surface area (Å²) in [6, 6.07) is 4.21. The Balaban J connectivity index is 2.81. The quantitative estimate of drug-likeness (QED) is 0.833. The summed E-state index contributed by atoms with van der Waals surface area (Å²) in [5.74, 6) is -0.966. The van der Waals surface area contributed by atoms with E-state index in [2.05, 4.69) is 4.99 Å². The number of carboxylic acids is 1. The summed E-state index contributed by atoms with van der Waals surface area (Å²) in [5.41, 5.74) is 0.720. The predicted molar refractivity (Wildman–Crippen MR) is 61.2 cm³/mol. The fourth-order valence-electron chi connectivity index (χ4n) is 0.854. The van der Waals surface area contributed by atoms with Crippen molar-refractivity contribution in [3.63, 3.8) is 0 Å². The third kappa shape index (κ3) is 3.53. The van der Waals surface area contributed by atoms with Crippen molar-refractivity contribution < 1.29 is 9.90 Å². The Kier molecular flexibility index (Phi) is 4.12. The van der Waals surface area contributed by atoms with Crippen LogP contribution in [0.25, 0.3) is 0 Å². The number of carbonyl (C=O) groups is 1. The maximum atomic E-state index is 10.5. The van der Waals surface area contributed by atoms with Crippen LogP contribution in [0.4, 0.5) is 0 Å². The minimum atomic E-state index is -0.966. The number of hydrogen-bond donors (Lipinski definition) is 1. The molecule has 80 valence electrons. The Morgan fingerprint density at radius 1 is 1.47 bits per heavy atom. The van der Waals surface area contributed by atoms with Gasteiger partial charge in [-0.25, -0.2) is 4.79 Å². The van der Waals surface area contributed by atoms with Crippen molar-refractivity contribution in [1.29, 1.82) is 0 Å². The van der Waals surface area contributed by atoms with E-state index in [1.807, 2.05) is 0 Å². The molecule has 1 rings (SSSR count). The summed E-state index contributed by atoms with van der Waals surface area (Å²) < 4.78 is 0. The van der Waals surface area contributed by atoms with Crippen LogP contribution in [0.2, 0.25) is 10.0 Å². The zero-order valence-electron chi connectivity index (χ0n) is 7.95. The first kappa shape index (κ1) is 12.0. The smallest absolute Gasteiger partial charge is 0.328 e. The van der Waals surface area contributed by atoms with Crippen molar-refractivity contribution in [3.05, 3.63) is 33.8 Å². The number of rotatable bonds is 3. The van der Waals surface area contributed by atoms with Crippen LogP contribution in [0.5, 0.6) is 0 Å². The van der Waals surface area contributed by atoms with Crippen LogP contribution in [-0.2, 0) is 4.79 Å². The Morgan fingerprint density at radius 2 is 2.13 bits per heavy atom. The third-order valence-corrected chi connectivity index (χ3v) is 2.49. The van der Waals surface area contributed by atoms with Gasteiger partial charge in [-0.2, -0.15) is 0 Å². The van der Waals surface area contributed by atoms with E-state index in [-0.39, 0.29) is 0 Å². The van der Waals surface area contributed by atoms with E-state index < -0.39 is 12.0 Å². The molecule has 1 aromatic rings. The molecule has 3 nitrogen and oxygen atoms in total. The Labute approximate surface area is 97.3 Å². The minimum Gasteiger partial charge on any atom is -0.480 e. The normalized spacial score (nSPS) is 13.0. The average molecular weight is 246 g/mol. The molecule has 1 aromatic carbocycles. The second-order valence-electron chi connectivity index (χ2n) is 2.97. The highest BCUT2D eigenvalue weighted by molar-refractivity contribution is 6.42. The molecule has 0 amide bonds. The van der Waals surface area contributed by atoms with Crippen molar-refractivity contribution in [3.8, 4) is 0 Å².